The highest BCUT2D eigenvalue weighted by Gasteiger charge is 2.24. The van der Waals surface area contributed by atoms with E-state index in [0.717, 1.165) is 11.1 Å². The number of allylic oxidation sites excluding steroid dienone is 2. The van der Waals surface area contributed by atoms with Gasteiger partial charge in [0.2, 0.25) is 11.8 Å². The molecule has 0 saturated heterocycles. The van der Waals surface area contributed by atoms with E-state index >= 15 is 0 Å². The lowest BCUT2D eigenvalue weighted by Crippen LogP contribution is -2.29. The third-order valence-corrected chi connectivity index (χ3v) is 4.02. The summed E-state index contributed by atoms with van der Waals surface area (Å²) >= 11 is 0. The van der Waals surface area contributed by atoms with Gasteiger partial charge < -0.3 is 10.4 Å². The first-order chi connectivity index (χ1) is 12.7. The van der Waals surface area contributed by atoms with E-state index in [2.05, 4.69) is 10.3 Å². The number of hydrogen-bond donors (Lipinski definition) is 2. The molecule has 130 valence electrons. The van der Waals surface area contributed by atoms with Crippen molar-refractivity contribution in [1.29, 1.82) is 0 Å². The molecule has 2 aromatic carbocycles. The first kappa shape index (κ1) is 17.4. The van der Waals surface area contributed by atoms with E-state index in [1.54, 1.807) is 12.2 Å². The highest BCUT2D eigenvalue weighted by Crippen LogP contribution is 2.25. The van der Waals surface area contributed by atoms with Crippen molar-refractivity contribution in [3.63, 3.8) is 0 Å². The van der Waals surface area contributed by atoms with Gasteiger partial charge in [0, 0.05) is 6.42 Å². The molecular weight excluding hydrogens is 328 g/mol. The minimum Gasteiger partial charge on any atom is -0.492 e. The zero-order valence-corrected chi connectivity index (χ0v) is 14.0. The second-order valence-electron chi connectivity index (χ2n) is 5.81. The van der Waals surface area contributed by atoms with Crippen LogP contribution in [0.15, 0.2) is 89.4 Å². The summed E-state index contributed by atoms with van der Waals surface area (Å²) in [6, 6.07) is 18.8. The number of carbonyl (C=O) groups is 2. The number of nitrogens with zero attached hydrogens (tertiary/aromatic N) is 1. The van der Waals surface area contributed by atoms with Gasteiger partial charge in [-0.25, -0.2) is 4.99 Å². The molecule has 0 radical (unpaired) electrons. The van der Waals surface area contributed by atoms with E-state index in [1.165, 1.54) is 0 Å². The monoisotopic (exact) mass is 346 g/mol. The Bertz CT molecular complexity index is 844. The molecule has 0 aromatic heterocycles. The van der Waals surface area contributed by atoms with E-state index in [4.69, 9.17) is 0 Å². The van der Waals surface area contributed by atoms with E-state index in [-0.39, 0.29) is 23.2 Å². The maximum absolute atomic E-state index is 13.0. The van der Waals surface area contributed by atoms with E-state index < -0.39 is 5.92 Å². The van der Waals surface area contributed by atoms with Crippen LogP contribution in [0.3, 0.4) is 0 Å². The summed E-state index contributed by atoms with van der Waals surface area (Å²) < 4.78 is 0. The molecule has 1 aliphatic rings. The number of carbonyl (C=O) groups excluding carboxylic acids is 2. The lowest BCUT2D eigenvalue weighted by Gasteiger charge is -2.18. The first-order valence-electron chi connectivity index (χ1n) is 8.22. The summed E-state index contributed by atoms with van der Waals surface area (Å²) in [5.74, 6) is -1.21. The van der Waals surface area contributed by atoms with Crippen LogP contribution in [0.4, 0.5) is 0 Å². The Morgan fingerprint density at radius 3 is 2.15 bits per heavy atom. The fourth-order valence-corrected chi connectivity index (χ4v) is 2.78. The molecule has 0 bridgehead atoms. The number of aliphatic hydroxyl groups excluding tert-OH is 1. The molecule has 3 rings (SSSR count). The largest absolute Gasteiger partial charge is 0.492 e. The van der Waals surface area contributed by atoms with Gasteiger partial charge in [-0.05, 0) is 17.2 Å². The Hall–Kier alpha value is -3.47. The first-order valence-corrected chi connectivity index (χ1v) is 8.22. The fourth-order valence-electron chi connectivity index (χ4n) is 2.78. The van der Waals surface area contributed by atoms with Gasteiger partial charge in [-0.3, -0.25) is 9.59 Å². The summed E-state index contributed by atoms with van der Waals surface area (Å²) in [5.41, 5.74) is 2.05. The number of benzene rings is 2. The van der Waals surface area contributed by atoms with E-state index in [9.17, 15) is 14.7 Å². The number of aldehydes is 1. The molecule has 0 aliphatic carbocycles. The van der Waals surface area contributed by atoms with Crippen molar-refractivity contribution in [2.75, 3.05) is 0 Å². The Labute approximate surface area is 151 Å². The molecule has 1 aliphatic heterocycles. The zero-order valence-electron chi connectivity index (χ0n) is 14.0. The molecular formula is C21H18N2O3. The maximum atomic E-state index is 13.0. The minimum atomic E-state index is -0.538. The average molecular weight is 346 g/mol. The number of aliphatic imine (C=N–C) groups is 1. The zero-order chi connectivity index (χ0) is 18.4. The van der Waals surface area contributed by atoms with Crippen molar-refractivity contribution in [3.05, 3.63) is 95.5 Å². The molecule has 2 aromatic rings. The normalized spacial score (nSPS) is 14.0. The Kier molecular flexibility index (Phi) is 5.39. The predicted molar refractivity (Wildman–Crippen MR) is 99.8 cm³/mol. The molecule has 0 fully saturated rings. The SMILES string of the molecule is O=CC1=NC(O)=C(NC(=O)C(c2ccccc2)c2ccccc2)C=CC1. The van der Waals surface area contributed by atoms with Crippen LogP contribution in [0.2, 0.25) is 0 Å². The highest BCUT2D eigenvalue weighted by atomic mass is 16.3. The van der Waals surface area contributed by atoms with Crippen LogP contribution >= 0.6 is 0 Å². The summed E-state index contributed by atoms with van der Waals surface area (Å²) in [6.45, 7) is 0. The van der Waals surface area contributed by atoms with Crippen LogP contribution in [0.5, 0.6) is 0 Å². The number of amides is 1. The Morgan fingerprint density at radius 1 is 1.04 bits per heavy atom. The van der Waals surface area contributed by atoms with E-state index in [0.29, 0.717) is 12.7 Å². The van der Waals surface area contributed by atoms with Crippen molar-refractivity contribution in [2.45, 2.75) is 12.3 Å². The summed E-state index contributed by atoms with van der Waals surface area (Å²) in [6.07, 6.45) is 4.11. The average Bonchev–Trinajstić information content (AvgIpc) is 2.85. The van der Waals surface area contributed by atoms with Crippen molar-refractivity contribution in [3.8, 4) is 0 Å². The molecule has 5 heteroatoms. The van der Waals surface area contributed by atoms with Crippen LogP contribution in [0.25, 0.3) is 0 Å². The smallest absolute Gasteiger partial charge is 0.236 e. The lowest BCUT2D eigenvalue weighted by atomic mass is 9.90. The summed E-state index contributed by atoms with van der Waals surface area (Å²) in [4.78, 5) is 27.7. The standard InChI is InChI=1S/C21H18N2O3/c24-14-17-12-7-13-18(20(25)22-17)23-21(26)19(15-8-3-1-4-9-15)16-10-5-2-6-11-16/h1-11,13-14,19,25H,12H2,(H,23,26). The van der Waals surface area contributed by atoms with Gasteiger partial charge in [0.15, 0.2) is 6.29 Å². The maximum Gasteiger partial charge on any atom is 0.236 e. The van der Waals surface area contributed by atoms with Crippen molar-refractivity contribution >= 4 is 17.9 Å². The number of aliphatic hydroxyl groups is 1. The molecule has 5 nitrogen and oxygen atoms in total. The van der Waals surface area contributed by atoms with Crippen LogP contribution < -0.4 is 5.32 Å². The highest BCUT2D eigenvalue weighted by molar-refractivity contribution is 6.29. The van der Waals surface area contributed by atoms with Gasteiger partial charge in [-0.15, -0.1) is 0 Å². The van der Waals surface area contributed by atoms with Gasteiger partial charge >= 0.3 is 0 Å². The second kappa shape index (κ2) is 8.07. The van der Waals surface area contributed by atoms with Crippen molar-refractivity contribution in [1.82, 2.24) is 5.32 Å². The van der Waals surface area contributed by atoms with Crippen molar-refractivity contribution < 1.29 is 14.7 Å². The third-order valence-electron chi connectivity index (χ3n) is 4.02. The summed E-state index contributed by atoms with van der Waals surface area (Å²) in [7, 11) is 0. The van der Waals surface area contributed by atoms with Crippen molar-refractivity contribution in [2.24, 2.45) is 4.99 Å². The van der Waals surface area contributed by atoms with Gasteiger partial charge in [0.05, 0.1) is 11.6 Å². The van der Waals surface area contributed by atoms with E-state index in [1.807, 2.05) is 60.7 Å². The van der Waals surface area contributed by atoms with Gasteiger partial charge in [0.25, 0.3) is 0 Å². The minimum absolute atomic E-state index is 0.170. The second-order valence-corrected chi connectivity index (χ2v) is 5.81. The topological polar surface area (TPSA) is 78.8 Å². The van der Waals surface area contributed by atoms with Crippen LogP contribution in [0, 0.1) is 0 Å². The third kappa shape index (κ3) is 3.95. The predicted octanol–water partition coefficient (Wildman–Crippen LogP) is 3.26. The summed E-state index contributed by atoms with van der Waals surface area (Å²) in [5, 5.41) is 12.8. The molecule has 0 saturated carbocycles. The van der Waals surface area contributed by atoms with Crippen LogP contribution in [-0.4, -0.2) is 23.0 Å². The van der Waals surface area contributed by atoms with Gasteiger partial charge in [0.1, 0.15) is 5.70 Å². The van der Waals surface area contributed by atoms with Crippen LogP contribution in [-0.2, 0) is 9.59 Å². The number of nitrogens with one attached hydrogen (secondary N) is 1. The van der Waals surface area contributed by atoms with Gasteiger partial charge in [-0.2, -0.15) is 0 Å². The van der Waals surface area contributed by atoms with Gasteiger partial charge in [-0.1, -0.05) is 66.7 Å². The molecule has 2 N–H and O–H groups in total. The Morgan fingerprint density at radius 2 is 1.62 bits per heavy atom. The Balaban J connectivity index is 1.94. The number of hydrogen-bond acceptors (Lipinski definition) is 4. The molecule has 0 unspecified atom stereocenters. The van der Waals surface area contributed by atoms with Crippen LogP contribution in [0.1, 0.15) is 23.5 Å². The number of rotatable bonds is 5. The molecule has 1 amide bonds. The quantitative estimate of drug-likeness (QED) is 0.816. The molecule has 0 atom stereocenters. The molecule has 26 heavy (non-hydrogen) atoms. The lowest BCUT2D eigenvalue weighted by molar-refractivity contribution is -0.121. The molecule has 1 heterocycles. The fraction of sp³-hybridized carbons (Fsp3) is 0.0952. The molecule has 0 spiro atoms.